The van der Waals surface area contributed by atoms with Gasteiger partial charge in [0.05, 0.1) is 0 Å². The molecule has 0 saturated carbocycles. The Hall–Kier alpha value is -1.19. The van der Waals surface area contributed by atoms with Crippen LogP contribution in [0.5, 0.6) is 0 Å². The zero-order valence-corrected chi connectivity index (χ0v) is 12.8. The van der Waals surface area contributed by atoms with E-state index in [4.69, 9.17) is 0 Å². The molecule has 0 fully saturated rings. The lowest BCUT2D eigenvalue weighted by molar-refractivity contribution is 0.457. The average Bonchev–Trinajstić information content (AvgIpc) is 2.46. The fourth-order valence-corrected chi connectivity index (χ4v) is 3.17. The molecule has 1 N–H and O–H groups in total. The van der Waals surface area contributed by atoms with Crippen molar-refractivity contribution < 1.29 is 4.39 Å². The van der Waals surface area contributed by atoms with Gasteiger partial charge in [-0.1, -0.05) is 34.1 Å². The maximum absolute atomic E-state index is 12.9. The molecule has 0 aromatic heterocycles. The van der Waals surface area contributed by atoms with Gasteiger partial charge in [-0.2, -0.15) is 0 Å². The summed E-state index contributed by atoms with van der Waals surface area (Å²) in [6, 6.07) is 13.8. The van der Waals surface area contributed by atoms with Crippen LogP contribution in [0, 0.1) is 5.82 Å². The third-order valence-electron chi connectivity index (χ3n) is 3.90. The highest BCUT2D eigenvalue weighted by Crippen LogP contribution is 2.25. The Kier molecular flexibility index (Phi) is 4.18. The van der Waals surface area contributed by atoms with Crippen LogP contribution in [-0.2, 0) is 19.4 Å². The molecular weight excluding hydrogens is 317 g/mol. The summed E-state index contributed by atoms with van der Waals surface area (Å²) < 4.78 is 14.0. The maximum Gasteiger partial charge on any atom is 0.123 e. The lowest BCUT2D eigenvalue weighted by atomic mass is 9.88. The summed E-state index contributed by atoms with van der Waals surface area (Å²) in [5, 5.41) is 3.58. The van der Waals surface area contributed by atoms with E-state index in [1.165, 1.54) is 23.3 Å². The number of nitrogens with one attached hydrogen (secondary N) is 1. The van der Waals surface area contributed by atoms with E-state index >= 15 is 0 Å². The number of halogens is 2. The van der Waals surface area contributed by atoms with Crippen molar-refractivity contribution in [2.45, 2.75) is 31.8 Å². The molecule has 1 unspecified atom stereocenters. The maximum atomic E-state index is 12.9. The van der Waals surface area contributed by atoms with Crippen LogP contribution in [0.1, 0.15) is 23.1 Å². The lowest BCUT2D eigenvalue weighted by Crippen LogP contribution is -2.34. The molecule has 0 aliphatic heterocycles. The van der Waals surface area contributed by atoms with E-state index in [9.17, 15) is 4.39 Å². The topological polar surface area (TPSA) is 12.0 Å². The second-order valence-electron chi connectivity index (χ2n) is 5.36. The van der Waals surface area contributed by atoms with E-state index in [0.29, 0.717) is 6.04 Å². The number of hydrogen-bond acceptors (Lipinski definition) is 1. The summed E-state index contributed by atoms with van der Waals surface area (Å²) >= 11 is 3.53. The van der Waals surface area contributed by atoms with Gasteiger partial charge in [0.25, 0.3) is 0 Å². The minimum atomic E-state index is -0.175. The van der Waals surface area contributed by atoms with Crippen LogP contribution in [0.25, 0.3) is 0 Å². The van der Waals surface area contributed by atoms with Gasteiger partial charge in [-0.15, -0.1) is 0 Å². The van der Waals surface area contributed by atoms with Gasteiger partial charge < -0.3 is 5.32 Å². The highest BCUT2D eigenvalue weighted by molar-refractivity contribution is 9.10. The molecule has 0 bridgehead atoms. The molecule has 0 amide bonds. The summed E-state index contributed by atoms with van der Waals surface area (Å²) in [4.78, 5) is 0. The summed E-state index contributed by atoms with van der Waals surface area (Å²) in [5.74, 6) is -0.175. The molecule has 20 heavy (non-hydrogen) atoms. The van der Waals surface area contributed by atoms with Crippen molar-refractivity contribution in [1.82, 2.24) is 5.32 Å². The van der Waals surface area contributed by atoms with Gasteiger partial charge in [0.1, 0.15) is 5.82 Å². The SMILES string of the molecule is Fc1ccc(CNC2CCc3cc(Br)ccc3C2)cc1. The molecule has 1 atom stereocenters. The number of rotatable bonds is 3. The van der Waals surface area contributed by atoms with Gasteiger partial charge in [0.2, 0.25) is 0 Å². The van der Waals surface area contributed by atoms with Crippen LogP contribution in [0.15, 0.2) is 46.9 Å². The van der Waals surface area contributed by atoms with E-state index in [2.05, 4.69) is 39.4 Å². The van der Waals surface area contributed by atoms with Gasteiger partial charge in [-0.3, -0.25) is 0 Å². The van der Waals surface area contributed by atoms with Crippen molar-refractivity contribution in [2.24, 2.45) is 0 Å². The van der Waals surface area contributed by atoms with Crippen LogP contribution in [0.2, 0.25) is 0 Å². The fourth-order valence-electron chi connectivity index (χ4n) is 2.76. The monoisotopic (exact) mass is 333 g/mol. The zero-order chi connectivity index (χ0) is 13.9. The second-order valence-corrected chi connectivity index (χ2v) is 6.28. The van der Waals surface area contributed by atoms with Crippen molar-refractivity contribution in [3.8, 4) is 0 Å². The fraction of sp³-hybridized carbons (Fsp3) is 0.294. The minimum Gasteiger partial charge on any atom is -0.310 e. The van der Waals surface area contributed by atoms with E-state index in [1.54, 1.807) is 0 Å². The zero-order valence-electron chi connectivity index (χ0n) is 11.2. The molecule has 3 rings (SSSR count). The van der Waals surface area contributed by atoms with Crippen molar-refractivity contribution in [1.29, 1.82) is 0 Å². The standard InChI is InChI=1S/C17H17BrFN/c18-15-5-3-14-10-17(8-4-13(14)9-15)20-11-12-1-6-16(19)7-2-12/h1-3,5-7,9,17,20H,4,8,10-11H2. The first-order valence-electron chi connectivity index (χ1n) is 6.96. The van der Waals surface area contributed by atoms with Gasteiger partial charge >= 0.3 is 0 Å². The van der Waals surface area contributed by atoms with Crippen molar-refractivity contribution in [3.05, 3.63) is 69.4 Å². The van der Waals surface area contributed by atoms with Gasteiger partial charge in [0.15, 0.2) is 0 Å². The van der Waals surface area contributed by atoms with Gasteiger partial charge in [-0.25, -0.2) is 4.39 Å². The highest BCUT2D eigenvalue weighted by Gasteiger charge is 2.18. The Morgan fingerprint density at radius 3 is 2.70 bits per heavy atom. The molecular formula is C17H17BrFN. The molecule has 0 radical (unpaired) electrons. The molecule has 104 valence electrons. The number of fused-ring (bicyclic) bond motifs is 1. The van der Waals surface area contributed by atoms with Gasteiger partial charge in [0, 0.05) is 17.1 Å². The Morgan fingerprint density at radius 2 is 1.90 bits per heavy atom. The predicted octanol–water partition coefficient (Wildman–Crippen LogP) is 4.24. The first kappa shape index (κ1) is 13.8. The molecule has 3 heteroatoms. The molecule has 0 heterocycles. The molecule has 1 aliphatic rings. The number of hydrogen-bond donors (Lipinski definition) is 1. The predicted molar refractivity (Wildman–Crippen MR) is 83.2 cm³/mol. The number of aryl methyl sites for hydroxylation is 1. The molecule has 0 saturated heterocycles. The van der Waals surface area contributed by atoms with Gasteiger partial charge in [-0.05, 0) is 60.2 Å². The van der Waals surface area contributed by atoms with E-state index in [0.717, 1.165) is 35.8 Å². The van der Waals surface area contributed by atoms with Crippen molar-refractivity contribution in [3.63, 3.8) is 0 Å². The third kappa shape index (κ3) is 3.28. The Balaban J connectivity index is 1.60. The quantitative estimate of drug-likeness (QED) is 0.886. The van der Waals surface area contributed by atoms with E-state index in [1.807, 2.05) is 12.1 Å². The number of benzene rings is 2. The van der Waals surface area contributed by atoms with Crippen LogP contribution in [-0.4, -0.2) is 6.04 Å². The Bertz CT molecular complexity index is 594. The first-order valence-corrected chi connectivity index (χ1v) is 7.75. The Labute approximate surface area is 127 Å². The summed E-state index contributed by atoms with van der Waals surface area (Å²) in [6.07, 6.45) is 3.35. The summed E-state index contributed by atoms with van der Waals surface area (Å²) in [7, 11) is 0. The smallest absolute Gasteiger partial charge is 0.123 e. The molecule has 2 aromatic carbocycles. The van der Waals surface area contributed by atoms with E-state index in [-0.39, 0.29) is 5.82 Å². The minimum absolute atomic E-state index is 0.175. The average molecular weight is 334 g/mol. The first-order chi connectivity index (χ1) is 9.70. The molecule has 0 spiro atoms. The lowest BCUT2D eigenvalue weighted by Gasteiger charge is -2.26. The van der Waals surface area contributed by atoms with Crippen LogP contribution in [0.3, 0.4) is 0 Å². The molecule has 2 aromatic rings. The third-order valence-corrected chi connectivity index (χ3v) is 4.40. The molecule has 1 nitrogen and oxygen atoms in total. The van der Waals surface area contributed by atoms with Crippen molar-refractivity contribution in [2.75, 3.05) is 0 Å². The molecule has 1 aliphatic carbocycles. The van der Waals surface area contributed by atoms with Crippen LogP contribution in [0.4, 0.5) is 4.39 Å². The second kappa shape index (κ2) is 6.06. The summed E-state index contributed by atoms with van der Waals surface area (Å²) in [5.41, 5.74) is 4.03. The van der Waals surface area contributed by atoms with E-state index < -0.39 is 0 Å². The van der Waals surface area contributed by atoms with Crippen molar-refractivity contribution >= 4 is 15.9 Å². The Morgan fingerprint density at radius 1 is 1.10 bits per heavy atom. The normalized spacial score (nSPS) is 17.8. The summed E-state index contributed by atoms with van der Waals surface area (Å²) in [6.45, 7) is 0.802. The van der Waals surface area contributed by atoms with Crippen LogP contribution < -0.4 is 5.32 Å². The largest absolute Gasteiger partial charge is 0.310 e. The van der Waals surface area contributed by atoms with Crippen LogP contribution >= 0.6 is 15.9 Å². The highest BCUT2D eigenvalue weighted by atomic mass is 79.9.